The molecule has 4 aliphatic rings. The summed E-state index contributed by atoms with van der Waals surface area (Å²) in [6, 6.07) is 3.62. The molecule has 0 radical (unpaired) electrons. The van der Waals surface area contributed by atoms with Gasteiger partial charge in [0.05, 0.1) is 11.0 Å². The lowest BCUT2D eigenvalue weighted by atomic mass is 9.49. The minimum absolute atomic E-state index is 0.00541. The quantitative estimate of drug-likeness (QED) is 0.856. The number of carbonyl (C=O) groups excluding carboxylic acids is 1. The summed E-state index contributed by atoms with van der Waals surface area (Å²) >= 11 is 0. The highest BCUT2D eigenvalue weighted by Crippen LogP contribution is 2.64. The summed E-state index contributed by atoms with van der Waals surface area (Å²) in [5.41, 5.74) is 0.369. The number of carbonyl (C=O) groups is 1. The molecule has 1 saturated carbocycles. The summed E-state index contributed by atoms with van der Waals surface area (Å²) in [5, 5.41) is 22.3. The molecule has 0 aromatic heterocycles. The molecule has 2 bridgehead atoms. The molecule has 25 heavy (non-hydrogen) atoms. The number of hydrogen-bond acceptors (Lipinski definition) is 5. The number of aromatic hydroxyl groups is 1. The zero-order chi connectivity index (χ0) is 17.6. The van der Waals surface area contributed by atoms with Crippen LogP contribution < -0.4 is 4.74 Å². The average molecular weight is 343 g/mol. The maximum atomic E-state index is 12.7. The standard InChI is InChI=1S/C20H25NO4/c1-11(2)10-21-8-7-19-16-12-3-4-13(22)17(16)25-18(19)14(23)5-6-20(19,24)15(21)9-12/h3-4,11,15,18,22,24H,5-10H2,1-2H3/t15-,18?,19+,20-/m1/s1. The number of phenols is 1. The summed E-state index contributed by atoms with van der Waals surface area (Å²) in [5.74, 6) is 1.10. The van der Waals surface area contributed by atoms with Crippen molar-refractivity contribution in [2.45, 2.75) is 62.7 Å². The first-order valence-corrected chi connectivity index (χ1v) is 9.39. The lowest BCUT2D eigenvalue weighted by Crippen LogP contribution is -2.76. The van der Waals surface area contributed by atoms with E-state index in [2.05, 4.69) is 18.7 Å². The van der Waals surface area contributed by atoms with Crippen LogP contribution in [-0.2, 0) is 16.6 Å². The molecule has 4 atom stereocenters. The van der Waals surface area contributed by atoms with Crippen molar-refractivity contribution in [3.8, 4) is 11.5 Å². The lowest BCUT2D eigenvalue weighted by Gasteiger charge is -2.62. The molecule has 5 heteroatoms. The zero-order valence-corrected chi connectivity index (χ0v) is 14.8. The molecule has 2 fully saturated rings. The van der Waals surface area contributed by atoms with Crippen LogP contribution in [0.25, 0.3) is 0 Å². The summed E-state index contributed by atoms with van der Waals surface area (Å²) in [4.78, 5) is 15.1. The van der Waals surface area contributed by atoms with E-state index in [9.17, 15) is 15.0 Å². The molecule has 5 nitrogen and oxygen atoms in total. The van der Waals surface area contributed by atoms with Crippen LogP contribution in [0.2, 0.25) is 0 Å². The fraction of sp³-hybridized carbons (Fsp3) is 0.650. The highest BCUT2D eigenvalue weighted by atomic mass is 16.5. The van der Waals surface area contributed by atoms with Crippen LogP contribution in [0.3, 0.4) is 0 Å². The van der Waals surface area contributed by atoms with Gasteiger partial charge >= 0.3 is 0 Å². The van der Waals surface area contributed by atoms with E-state index < -0.39 is 17.1 Å². The zero-order valence-electron chi connectivity index (χ0n) is 14.8. The van der Waals surface area contributed by atoms with Gasteiger partial charge in [-0.3, -0.25) is 9.69 Å². The average Bonchev–Trinajstić information content (AvgIpc) is 2.91. The van der Waals surface area contributed by atoms with Crippen molar-refractivity contribution in [3.05, 3.63) is 23.3 Å². The molecule has 1 aromatic rings. The number of phenolic OH excluding ortho intramolecular Hbond substituents is 1. The number of ether oxygens (including phenoxy) is 1. The molecule has 2 N–H and O–H groups in total. The minimum Gasteiger partial charge on any atom is -0.504 e. The first-order chi connectivity index (χ1) is 11.9. The molecular formula is C20H25NO4. The number of hydrogen-bond donors (Lipinski definition) is 2. The molecular weight excluding hydrogens is 318 g/mol. The van der Waals surface area contributed by atoms with Crippen molar-refractivity contribution in [2.75, 3.05) is 13.1 Å². The van der Waals surface area contributed by atoms with E-state index in [-0.39, 0.29) is 17.6 Å². The minimum atomic E-state index is -0.967. The number of nitrogens with zero attached hydrogens (tertiary/aromatic N) is 1. The van der Waals surface area contributed by atoms with Crippen LogP contribution in [0, 0.1) is 5.92 Å². The Morgan fingerprint density at radius 1 is 1.36 bits per heavy atom. The van der Waals surface area contributed by atoms with Crippen molar-refractivity contribution in [2.24, 2.45) is 5.92 Å². The highest BCUT2D eigenvalue weighted by molar-refractivity contribution is 5.90. The van der Waals surface area contributed by atoms with E-state index in [4.69, 9.17) is 4.74 Å². The third-order valence-corrected chi connectivity index (χ3v) is 6.97. The number of piperidine rings is 1. The molecule has 2 heterocycles. The molecule has 1 aromatic carbocycles. The summed E-state index contributed by atoms with van der Waals surface area (Å²) in [6.07, 6.45) is 1.63. The Bertz CT molecular complexity index is 775. The van der Waals surface area contributed by atoms with Crippen LogP contribution in [0.5, 0.6) is 11.5 Å². The lowest BCUT2D eigenvalue weighted by molar-refractivity contribution is -0.189. The molecule has 1 saturated heterocycles. The van der Waals surface area contributed by atoms with Gasteiger partial charge < -0.3 is 14.9 Å². The maximum Gasteiger partial charge on any atom is 0.174 e. The predicted molar refractivity (Wildman–Crippen MR) is 91.9 cm³/mol. The van der Waals surface area contributed by atoms with Gasteiger partial charge in [0.2, 0.25) is 0 Å². The number of rotatable bonds is 2. The van der Waals surface area contributed by atoms with Gasteiger partial charge in [0.25, 0.3) is 0 Å². The fourth-order valence-electron chi connectivity index (χ4n) is 6.10. The van der Waals surface area contributed by atoms with Crippen molar-refractivity contribution in [3.63, 3.8) is 0 Å². The van der Waals surface area contributed by atoms with Crippen molar-refractivity contribution < 1.29 is 19.7 Å². The molecule has 134 valence electrons. The van der Waals surface area contributed by atoms with Gasteiger partial charge in [-0.1, -0.05) is 19.9 Å². The molecule has 1 spiro atoms. The Labute approximate surface area is 147 Å². The van der Waals surface area contributed by atoms with Crippen LogP contribution in [-0.4, -0.2) is 51.7 Å². The molecule has 0 amide bonds. The Hall–Kier alpha value is -1.59. The van der Waals surface area contributed by atoms with Crippen molar-refractivity contribution in [1.82, 2.24) is 4.90 Å². The van der Waals surface area contributed by atoms with E-state index >= 15 is 0 Å². The molecule has 2 aliphatic heterocycles. The number of Topliss-reactive ketones (excluding diaryl/α,β-unsaturated/α-hetero) is 1. The highest BCUT2D eigenvalue weighted by Gasteiger charge is 2.73. The van der Waals surface area contributed by atoms with Gasteiger partial charge in [0.1, 0.15) is 0 Å². The number of ketones is 1. The van der Waals surface area contributed by atoms with Crippen LogP contribution >= 0.6 is 0 Å². The van der Waals surface area contributed by atoms with Crippen molar-refractivity contribution in [1.29, 1.82) is 0 Å². The first kappa shape index (κ1) is 15.6. The Balaban J connectivity index is 1.75. The topological polar surface area (TPSA) is 70.0 Å². The second-order valence-corrected chi connectivity index (χ2v) is 8.67. The first-order valence-electron chi connectivity index (χ1n) is 9.39. The van der Waals surface area contributed by atoms with Crippen LogP contribution in [0.4, 0.5) is 0 Å². The van der Waals surface area contributed by atoms with Gasteiger partial charge in [0, 0.05) is 24.6 Å². The van der Waals surface area contributed by atoms with E-state index in [0.29, 0.717) is 30.9 Å². The Morgan fingerprint density at radius 3 is 2.92 bits per heavy atom. The monoisotopic (exact) mass is 343 g/mol. The summed E-state index contributed by atoms with van der Waals surface area (Å²) < 4.78 is 6.03. The normalized spacial score (nSPS) is 38.6. The van der Waals surface area contributed by atoms with E-state index in [1.807, 2.05) is 6.07 Å². The summed E-state index contributed by atoms with van der Waals surface area (Å²) in [6.45, 7) is 6.20. The largest absolute Gasteiger partial charge is 0.504 e. The third kappa shape index (κ3) is 1.69. The Kier molecular flexibility index (Phi) is 2.99. The van der Waals surface area contributed by atoms with Gasteiger partial charge in [-0.15, -0.1) is 0 Å². The van der Waals surface area contributed by atoms with Crippen LogP contribution in [0.1, 0.15) is 44.2 Å². The van der Waals surface area contributed by atoms with E-state index in [0.717, 1.165) is 30.6 Å². The van der Waals surface area contributed by atoms with Crippen LogP contribution in [0.15, 0.2) is 12.1 Å². The SMILES string of the molecule is CC(C)CN1CC[C@]23c4c5ccc(O)c4OC2C(=O)CC[C@@]3(O)[C@H]1C5. The van der Waals surface area contributed by atoms with Gasteiger partial charge in [-0.25, -0.2) is 0 Å². The number of benzene rings is 1. The molecule has 5 rings (SSSR count). The second-order valence-electron chi connectivity index (χ2n) is 8.67. The van der Waals surface area contributed by atoms with E-state index in [1.165, 1.54) is 0 Å². The smallest absolute Gasteiger partial charge is 0.174 e. The third-order valence-electron chi connectivity index (χ3n) is 6.97. The summed E-state index contributed by atoms with van der Waals surface area (Å²) in [7, 11) is 0. The fourth-order valence-corrected chi connectivity index (χ4v) is 6.10. The van der Waals surface area contributed by atoms with E-state index in [1.54, 1.807) is 6.07 Å². The Morgan fingerprint density at radius 2 is 2.16 bits per heavy atom. The number of likely N-dealkylation sites (tertiary alicyclic amines) is 1. The van der Waals surface area contributed by atoms with Gasteiger partial charge in [-0.2, -0.15) is 0 Å². The maximum absolute atomic E-state index is 12.7. The predicted octanol–water partition coefficient (Wildman–Crippen LogP) is 1.77. The molecule has 2 aliphatic carbocycles. The molecule has 1 unspecified atom stereocenters. The second kappa shape index (κ2) is 4.77. The van der Waals surface area contributed by atoms with Gasteiger partial charge in [-0.05, 0) is 43.4 Å². The number of aliphatic hydroxyl groups is 1. The van der Waals surface area contributed by atoms with Gasteiger partial charge in [0.15, 0.2) is 23.4 Å². The van der Waals surface area contributed by atoms with Crippen molar-refractivity contribution >= 4 is 5.78 Å².